The van der Waals surface area contributed by atoms with Crippen molar-refractivity contribution in [3.8, 4) is 0 Å². The molecule has 0 N–H and O–H groups in total. The molecule has 0 radical (unpaired) electrons. The minimum atomic E-state index is -3.59. The van der Waals surface area contributed by atoms with E-state index in [0.29, 0.717) is 10.5 Å². The third kappa shape index (κ3) is 3.75. The van der Waals surface area contributed by atoms with Crippen LogP contribution in [0, 0.1) is 10.1 Å². The number of amides is 1. The zero-order valence-electron chi connectivity index (χ0n) is 15.8. The molecule has 1 saturated heterocycles. The minimum Gasteiger partial charge on any atom is -0.336 e. The highest BCUT2D eigenvalue weighted by Gasteiger charge is 2.31. The maximum Gasteiger partial charge on any atom is 0.269 e. The van der Waals surface area contributed by atoms with E-state index in [1.807, 2.05) is 6.07 Å². The van der Waals surface area contributed by atoms with Crippen molar-refractivity contribution >= 4 is 21.6 Å². The summed E-state index contributed by atoms with van der Waals surface area (Å²) in [5.41, 5.74) is 2.61. The summed E-state index contributed by atoms with van der Waals surface area (Å²) in [6, 6.07) is 10.8. The molecule has 0 aromatic heterocycles. The maximum absolute atomic E-state index is 13.0. The molecule has 1 aliphatic heterocycles. The zero-order valence-corrected chi connectivity index (χ0v) is 16.6. The van der Waals surface area contributed by atoms with E-state index in [9.17, 15) is 23.3 Å². The molecule has 2 aromatic carbocycles. The third-order valence-electron chi connectivity index (χ3n) is 5.56. The van der Waals surface area contributed by atoms with Crippen molar-refractivity contribution < 1.29 is 18.1 Å². The second kappa shape index (κ2) is 7.57. The summed E-state index contributed by atoms with van der Waals surface area (Å²) in [4.78, 5) is 24.7. The second-order valence-electron chi connectivity index (χ2n) is 7.28. The first-order chi connectivity index (χ1) is 13.9. The number of piperazine rings is 1. The Morgan fingerprint density at radius 2 is 1.59 bits per heavy atom. The SMILES string of the molecule is O=C(c1ccc([N+](=O)[O-])cc1)N1CCN(S(=O)(=O)c2ccc3c(c2)CCC3)CC1. The Hall–Kier alpha value is -2.78. The van der Waals surface area contributed by atoms with E-state index in [0.717, 1.165) is 24.8 Å². The van der Waals surface area contributed by atoms with Gasteiger partial charge in [0.15, 0.2) is 0 Å². The van der Waals surface area contributed by atoms with E-state index in [1.165, 1.54) is 34.1 Å². The Kier molecular flexibility index (Phi) is 5.10. The summed E-state index contributed by atoms with van der Waals surface area (Å²) in [5, 5.41) is 10.7. The van der Waals surface area contributed by atoms with Gasteiger partial charge in [-0.3, -0.25) is 14.9 Å². The lowest BCUT2D eigenvalue weighted by atomic mass is 10.1. The van der Waals surface area contributed by atoms with Gasteiger partial charge in [-0.15, -0.1) is 0 Å². The Morgan fingerprint density at radius 3 is 2.24 bits per heavy atom. The van der Waals surface area contributed by atoms with Gasteiger partial charge in [-0.25, -0.2) is 8.42 Å². The number of fused-ring (bicyclic) bond motifs is 1. The highest BCUT2D eigenvalue weighted by atomic mass is 32.2. The zero-order chi connectivity index (χ0) is 20.6. The van der Waals surface area contributed by atoms with Gasteiger partial charge in [0.1, 0.15) is 0 Å². The quantitative estimate of drug-likeness (QED) is 0.563. The third-order valence-corrected chi connectivity index (χ3v) is 7.45. The normalized spacial score (nSPS) is 17.2. The molecular formula is C20H21N3O5S. The molecule has 0 unspecified atom stereocenters. The average Bonchev–Trinajstić information content (AvgIpc) is 3.21. The molecule has 2 aromatic rings. The lowest BCUT2D eigenvalue weighted by molar-refractivity contribution is -0.384. The average molecular weight is 415 g/mol. The number of non-ortho nitro benzene ring substituents is 1. The molecule has 0 saturated carbocycles. The van der Waals surface area contributed by atoms with Crippen LogP contribution in [0.1, 0.15) is 27.9 Å². The molecule has 2 aliphatic rings. The van der Waals surface area contributed by atoms with E-state index in [1.54, 1.807) is 17.0 Å². The molecule has 1 aliphatic carbocycles. The summed E-state index contributed by atoms with van der Waals surface area (Å²) >= 11 is 0. The number of nitro groups is 1. The van der Waals surface area contributed by atoms with Crippen molar-refractivity contribution in [1.82, 2.24) is 9.21 Å². The number of rotatable bonds is 4. The van der Waals surface area contributed by atoms with Gasteiger partial charge in [-0.05, 0) is 54.7 Å². The van der Waals surface area contributed by atoms with E-state index >= 15 is 0 Å². The van der Waals surface area contributed by atoms with Gasteiger partial charge in [0, 0.05) is 43.9 Å². The Morgan fingerprint density at radius 1 is 0.931 bits per heavy atom. The number of aryl methyl sites for hydroxylation is 2. The second-order valence-corrected chi connectivity index (χ2v) is 9.22. The lowest BCUT2D eigenvalue weighted by Gasteiger charge is -2.34. The molecule has 1 heterocycles. The Balaban J connectivity index is 1.43. The van der Waals surface area contributed by atoms with Crippen molar-refractivity contribution in [2.75, 3.05) is 26.2 Å². The molecule has 29 heavy (non-hydrogen) atoms. The fraction of sp³-hybridized carbons (Fsp3) is 0.350. The van der Waals surface area contributed by atoms with E-state index < -0.39 is 14.9 Å². The number of benzene rings is 2. The molecule has 0 bridgehead atoms. The number of nitro benzene ring substituents is 1. The summed E-state index contributed by atoms with van der Waals surface area (Å²) in [7, 11) is -3.59. The van der Waals surface area contributed by atoms with E-state index in [4.69, 9.17) is 0 Å². The van der Waals surface area contributed by atoms with Gasteiger partial charge < -0.3 is 4.90 Å². The molecule has 1 amide bonds. The van der Waals surface area contributed by atoms with Gasteiger partial charge in [-0.1, -0.05) is 6.07 Å². The van der Waals surface area contributed by atoms with Crippen LogP contribution in [-0.4, -0.2) is 54.6 Å². The van der Waals surface area contributed by atoms with Crippen LogP contribution in [0.3, 0.4) is 0 Å². The summed E-state index contributed by atoms with van der Waals surface area (Å²) < 4.78 is 27.4. The molecular weight excluding hydrogens is 394 g/mol. The first kappa shape index (κ1) is 19.5. The van der Waals surface area contributed by atoms with Crippen LogP contribution in [0.25, 0.3) is 0 Å². The Bertz CT molecular complexity index is 1060. The standard InChI is InChI=1S/C20H21N3O5S/c24-20(16-4-7-18(8-5-16)23(25)26)21-10-12-22(13-11-21)29(27,28)19-9-6-15-2-1-3-17(15)14-19/h4-9,14H,1-3,10-13H2. The fourth-order valence-corrected chi connectivity index (χ4v) is 5.37. The molecule has 8 nitrogen and oxygen atoms in total. The fourth-order valence-electron chi connectivity index (χ4n) is 3.90. The van der Waals surface area contributed by atoms with Gasteiger partial charge in [-0.2, -0.15) is 4.31 Å². The minimum absolute atomic E-state index is 0.0770. The molecule has 0 spiro atoms. The number of nitrogens with zero attached hydrogens (tertiary/aromatic N) is 3. The van der Waals surface area contributed by atoms with E-state index in [2.05, 4.69) is 0 Å². The van der Waals surface area contributed by atoms with Crippen LogP contribution in [0.4, 0.5) is 5.69 Å². The highest BCUT2D eigenvalue weighted by Crippen LogP contribution is 2.27. The summed E-state index contributed by atoms with van der Waals surface area (Å²) in [6.45, 7) is 0.996. The first-order valence-electron chi connectivity index (χ1n) is 9.52. The Labute approximate surface area is 168 Å². The number of sulfonamides is 1. The van der Waals surface area contributed by atoms with Crippen molar-refractivity contribution in [3.05, 3.63) is 69.3 Å². The molecule has 152 valence electrons. The predicted molar refractivity (Wildman–Crippen MR) is 106 cm³/mol. The number of hydrogen-bond donors (Lipinski definition) is 0. The van der Waals surface area contributed by atoms with Crippen LogP contribution < -0.4 is 0 Å². The van der Waals surface area contributed by atoms with Gasteiger partial charge in [0.25, 0.3) is 11.6 Å². The van der Waals surface area contributed by atoms with Crippen LogP contribution in [0.15, 0.2) is 47.4 Å². The van der Waals surface area contributed by atoms with Gasteiger partial charge in [0.05, 0.1) is 9.82 Å². The van der Waals surface area contributed by atoms with Crippen LogP contribution in [0.2, 0.25) is 0 Å². The van der Waals surface area contributed by atoms with Gasteiger partial charge >= 0.3 is 0 Å². The van der Waals surface area contributed by atoms with Crippen molar-refractivity contribution in [1.29, 1.82) is 0 Å². The van der Waals surface area contributed by atoms with Crippen LogP contribution in [-0.2, 0) is 22.9 Å². The topological polar surface area (TPSA) is 101 Å². The largest absolute Gasteiger partial charge is 0.336 e. The van der Waals surface area contributed by atoms with E-state index in [-0.39, 0.29) is 37.8 Å². The smallest absolute Gasteiger partial charge is 0.269 e. The van der Waals surface area contributed by atoms with Crippen molar-refractivity contribution in [2.45, 2.75) is 24.2 Å². The molecule has 4 rings (SSSR count). The number of carbonyl (C=O) groups excluding carboxylic acids is 1. The van der Waals surface area contributed by atoms with Crippen molar-refractivity contribution in [2.24, 2.45) is 0 Å². The summed E-state index contributed by atoms with van der Waals surface area (Å²) in [6.07, 6.45) is 2.97. The highest BCUT2D eigenvalue weighted by molar-refractivity contribution is 7.89. The molecule has 0 atom stereocenters. The van der Waals surface area contributed by atoms with Crippen LogP contribution in [0.5, 0.6) is 0 Å². The van der Waals surface area contributed by atoms with Gasteiger partial charge in [0.2, 0.25) is 10.0 Å². The first-order valence-corrected chi connectivity index (χ1v) is 11.0. The number of carbonyl (C=O) groups is 1. The monoisotopic (exact) mass is 415 g/mol. The van der Waals surface area contributed by atoms with Crippen LogP contribution >= 0.6 is 0 Å². The van der Waals surface area contributed by atoms with Crippen molar-refractivity contribution in [3.63, 3.8) is 0 Å². The number of hydrogen-bond acceptors (Lipinski definition) is 5. The molecule has 9 heteroatoms. The summed E-state index contributed by atoms with van der Waals surface area (Å²) in [5.74, 6) is -0.255. The molecule has 1 fully saturated rings. The lowest BCUT2D eigenvalue weighted by Crippen LogP contribution is -2.50. The maximum atomic E-state index is 13.0. The predicted octanol–water partition coefficient (Wildman–Crippen LogP) is 2.23.